The molecule has 116 valence electrons. The van der Waals surface area contributed by atoms with E-state index in [1.165, 1.54) is 13.8 Å². The highest BCUT2D eigenvalue weighted by atomic mass is 16.3. The zero-order valence-electron chi connectivity index (χ0n) is 11.9. The highest BCUT2D eigenvalue weighted by Gasteiger charge is 2.17. The molecule has 3 amide bonds. The number of aliphatic hydroxyl groups excluding tert-OH is 1. The van der Waals surface area contributed by atoms with Crippen LogP contribution in [-0.4, -0.2) is 48.2 Å². The first-order valence-corrected chi connectivity index (χ1v) is 6.54. The maximum atomic E-state index is 11.5. The fraction of sp³-hybridized carbons (Fsp3) is 0.750. The van der Waals surface area contributed by atoms with E-state index < -0.39 is 18.2 Å². The monoisotopic (exact) mass is 288 g/mol. The van der Waals surface area contributed by atoms with E-state index >= 15 is 0 Å². The van der Waals surface area contributed by atoms with E-state index in [2.05, 4.69) is 16.0 Å². The summed E-state index contributed by atoms with van der Waals surface area (Å²) in [5.74, 6) is -0.805. The minimum atomic E-state index is -1.17. The number of unbranched alkanes of at least 4 members (excludes halogenated alkanes) is 1. The van der Waals surface area contributed by atoms with Gasteiger partial charge in [-0.1, -0.05) is 0 Å². The van der Waals surface area contributed by atoms with Gasteiger partial charge in [-0.05, 0) is 19.3 Å². The Morgan fingerprint density at radius 1 is 1.10 bits per heavy atom. The normalized spacial score (nSPS) is 13.2. The van der Waals surface area contributed by atoms with Crippen LogP contribution in [0.5, 0.6) is 0 Å². The fourth-order valence-electron chi connectivity index (χ4n) is 1.54. The molecule has 8 heteroatoms. The second kappa shape index (κ2) is 10.2. The Balaban J connectivity index is 3.95. The number of aliphatic hydroxyl groups is 1. The molecule has 6 N–H and O–H groups in total. The summed E-state index contributed by atoms with van der Waals surface area (Å²) >= 11 is 0. The van der Waals surface area contributed by atoms with Crippen molar-refractivity contribution in [2.24, 2.45) is 5.73 Å². The van der Waals surface area contributed by atoms with Crippen LogP contribution >= 0.6 is 0 Å². The summed E-state index contributed by atoms with van der Waals surface area (Å²) < 4.78 is 0. The summed E-state index contributed by atoms with van der Waals surface area (Å²) in [5.41, 5.74) is 5.39. The maximum absolute atomic E-state index is 11.5. The Hall–Kier alpha value is -1.67. The molecule has 20 heavy (non-hydrogen) atoms. The van der Waals surface area contributed by atoms with Gasteiger partial charge in [-0.25, -0.2) is 0 Å². The van der Waals surface area contributed by atoms with Crippen LogP contribution in [0.2, 0.25) is 0 Å². The van der Waals surface area contributed by atoms with E-state index in [4.69, 9.17) is 5.73 Å². The van der Waals surface area contributed by atoms with Gasteiger partial charge in [0.05, 0.1) is 12.6 Å². The van der Waals surface area contributed by atoms with Gasteiger partial charge in [0.2, 0.25) is 17.7 Å². The predicted octanol–water partition coefficient (Wildman–Crippen LogP) is -1.81. The lowest BCUT2D eigenvalue weighted by Crippen LogP contribution is -2.50. The van der Waals surface area contributed by atoms with E-state index in [1.807, 2.05) is 0 Å². The summed E-state index contributed by atoms with van der Waals surface area (Å²) in [4.78, 5) is 32.8. The number of nitrogens with one attached hydrogen (secondary N) is 3. The van der Waals surface area contributed by atoms with Crippen LogP contribution in [-0.2, 0) is 14.4 Å². The van der Waals surface area contributed by atoms with Gasteiger partial charge in [-0.2, -0.15) is 0 Å². The Morgan fingerprint density at radius 2 is 1.70 bits per heavy atom. The third-order valence-corrected chi connectivity index (χ3v) is 2.57. The lowest BCUT2D eigenvalue weighted by Gasteiger charge is -2.21. The lowest BCUT2D eigenvalue weighted by atomic mass is 10.1. The zero-order valence-corrected chi connectivity index (χ0v) is 11.9. The molecule has 0 aliphatic heterocycles. The number of nitrogens with two attached hydrogens (primary N) is 1. The highest BCUT2D eigenvalue weighted by Crippen LogP contribution is 2.02. The molecule has 0 saturated heterocycles. The minimum Gasteiger partial charge on any atom is -0.377 e. The SMILES string of the molecule is CC(=O)NCCCC[C@H](NC(=O)CNC(C)=O)C(N)O. The van der Waals surface area contributed by atoms with Crippen LogP contribution in [0, 0.1) is 0 Å². The van der Waals surface area contributed by atoms with E-state index in [0.717, 1.165) is 6.42 Å². The molecular formula is C12H24N4O4. The van der Waals surface area contributed by atoms with Gasteiger partial charge in [0, 0.05) is 20.4 Å². The van der Waals surface area contributed by atoms with Crippen molar-refractivity contribution < 1.29 is 19.5 Å². The van der Waals surface area contributed by atoms with Crippen LogP contribution in [0.15, 0.2) is 0 Å². The van der Waals surface area contributed by atoms with Crippen molar-refractivity contribution in [3.05, 3.63) is 0 Å². The smallest absolute Gasteiger partial charge is 0.239 e. The van der Waals surface area contributed by atoms with Crippen LogP contribution in [0.25, 0.3) is 0 Å². The van der Waals surface area contributed by atoms with Gasteiger partial charge >= 0.3 is 0 Å². The molecule has 0 rings (SSSR count). The first-order chi connectivity index (χ1) is 9.32. The molecule has 0 heterocycles. The molecule has 0 aliphatic carbocycles. The molecule has 0 bridgehead atoms. The van der Waals surface area contributed by atoms with Crippen LogP contribution in [0.1, 0.15) is 33.1 Å². The topological polar surface area (TPSA) is 134 Å². The molecular weight excluding hydrogens is 264 g/mol. The lowest BCUT2D eigenvalue weighted by molar-refractivity contribution is -0.126. The first-order valence-electron chi connectivity index (χ1n) is 6.54. The molecule has 0 radical (unpaired) electrons. The van der Waals surface area contributed by atoms with Gasteiger partial charge in [-0.3, -0.25) is 14.4 Å². The number of amides is 3. The summed E-state index contributed by atoms with van der Waals surface area (Å²) in [6.45, 7) is 3.15. The van der Waals surface area contributed by atoms with Crippen molar-refractivity contribution in [2.45, 2.75) is 45.4 Å². The molecule has 0 aliphatic rings. The number of carbonyl (C=O) groups excluding carboxylic acids is 3. The van der Waals surface area contributed by atoms with Crippen LogP contribution in [0.4, 0.5) is 0 Å². The number of hydrogen-bond donors (Lipinski definition) is 5. The van der Waals surface area contributed by atoms with Crippen molar-refractivity contribution in [1.29, 1.82) is 0 Å². The average Bonchev–Trinajstić information content (AvgIpc) is 2.33. The van der Waals surface area contributed by atoms with Gasteiger partial charge in [0.25, 0.3) is 0 Å². The Bertz CT molecular complexity index is 333. The van der Waals surface area contributed by atoms with Gasteiger partial charge in [-0.15, -0.1) is 0 Å². The fourth-order valence-corrected chi connectivity index (χ4v) is 1.54. The predicted molar refractivity (Wildman–Crippen MR) is 73.3 cm³/mol. The van der Waals surface area contributed by atoms with E-state index in [9.17, 15) is 19.5 Å². The van der Waals surface area contributed by atoms with Crippen LogP contribution < -0.4 is 21.7 Å². The van der Waals surface area contributed by atoms with E-state index in [-0.39, 0.29) is 18.4 Å². The molecule has 1 unspecified atom stereocenters. The number of rotatable bonds is 9. The summed E-state index contributed by atoms with van der Waals surface area (Å²) in [6, 6.07) is -0.575. The van der Waals surface area contributed by atoms with Gasteiger partial charge in [0.1, 0.15) is 6.23 Å². The third-order valence-electron chi connectivity index (χ3n) is 2.57. The average molecular weight is 288 g/mol. The Labute approximate surface area is 118 Å². The summed E-state index contributed by atoms with van der Waals surface area (Å²) in [7, 11) is 0. The van der Waals surface area contributed by atoms with Crippen molar-refractivity contribution in [3.63, 3.8) is 0 Å². The largest absolute Gasteiger partial charge is 0.377 e. The molecule has 0 saturated carbocycles. The maximum Gasteiger partial charge on any atom is 0.239 e. The number of hydrogen-bond acceptors (Lipinski definition) is 5. The molecule has 0 aromatic rings. The standard InChI is InChI=1S/C12H24N4O4/c1-8(17)14-6-4-3-5-10(12(13)20)16-11(19)7-15-9(2)18/h10,12,20H,3-7,13H2,1-2H3,(H,14,17)(H,15,18)(H,16,19)/t10-,12?/m0/s1. The minimum absolute atomic E-state index is 0.0935. The summed E-state index contributed by atoms with van der Waals surface area (Å²) in [6.07, 6.45) is 0.740. The Kier molecular flexibility index (Phi) is 9.31. The third kappa shape index (κ3) is 10.3. The molecule has 0 aromatic heterocycles. The molecule has 0 aromatic carbocycles. The van der Waals surface area contributed by atoms with E-state index in [1.54, 1.807) is 0 Å². The summed E-state index contributed by atoms with van der Waals surface area (Å²) in [5, 5.41) is 17.0. The molecule has 0 fully saturated rings. The quantitative estimate of drug-likeness (QED) is 0.252. The second-order valence-electron chi connectivity index (χ2n) is 4.55. The van der Waals surface area contributed by atoms with Crippen molar-refractivity contribution in [2.75, 3.05) is 13.1 Å². The Morgan fingerprint density at radius 3 is 2.20 bits per heavy atom. The molecule has 8 nitrogen and oxygen atoms in total. The first kappa shape index (κ1) is 18.3. The molecule has 2 atom stereocenters. The van der Waals surface area contributed by atoms with Crippen molar-refractivity contribution >= 4 is 17.7 Å². The number of carbonyl (C=O) groups is 3. The molecule has 0 spiro atoms. The van der Waals surface area contributed by atoms with Gasteiger partial charge < -0.3 is 26.8 Å². The van der Waals surface area contributed by atoms with Crippen LogP contribution in [0.3, 0.4) is 0 Å². The highest BCUT2D eigenvalue weighted by molar-refractivity contribution is 5.83. The van der Waals surface area contributed by atoms with Crippen molar-refractivity contribution in [3.8, 4) is 0 Å². The van der Waals surface area contributed by atoms with Crippen molar-refractivity contribution in [1.82, 2.24) is 16.0 Å². The van der Waals surface area contributed by atoms with E-state index in [0.29, 0.717) is 19.4 Å². The van der Waals surface area contributed by atoms with Gasteiger partial charge in [0.15, 0.2) is 0 Å². The second-order valence-corrected chi connectivity index (χ2v) is 4.55. The zero-order chi connectivity index (χ0) is 15.5.